The maximum absolute atomic E-state index is 11.5. The Labute approximate surface area is 105 Å². The van der Waals surface area contributed by atoms with Crippen molar-refractivity contribution in [3.05, 3.63) is 34.3 Å². The van der Waals surface area contributed by atoms with Crippen LogP contribution in [0.3, 0.4) is 0 Å². The highest BCUT2D eigenvalue weighted by molar-refractivity contribution is 9.10. The maximum Gasteiger partial charge on any atom is 0.148 e. The SMILES string of the molecule is CC1(C)CC(=O)CN1Cc1cccc(Br)c1. The van der Waals surface area contributed by atoms with E-state index in [1.54, 1.807) is 0 Å². The molecule has 0 aromatic heterocycles. The number of carbonyl (C=O) groups is 1. The molecule has 1 aliphatic heterocycles. The minimum Gasteiger partial charge on any atom is -0.298 e. The monoisotopic (exact) mass is 281 g/mol. The predicted molar refractivity (Wildman–Crippen MR) is 68.3 cm³/mol. The largest absolute Gasteiger partial charge is 0.298 e. The average Bonchev–Trinajstić information content (AvgIpc) is 2.39. The summed E-state index contributed by atoms with van der Waals surface area (Å²) < 4.78 is 1.09. The van der Waals surface area contributed by atoms with Crippen LogP contribution in [0, 0.1) is 0 Å². The molecule has 1 aliphatic rings. The molecule has 3 heteroatoms. The molecule has 16 heavy (non-hydrogen) atoms. The van der Waals surface area contributed by atoms with Gasteiger partial charge in [-0.2, -0.15) is 0 Å². The van der Waals surface area contributed by atoms with E-state index >= 15 is 0 Å². The van der Waals surface area contributed by atoms with Gasteiger partial charge in [0.05, 0.1) is 6.54 Å². The summed E-state index contributed by atoms with van der Waals surface area (Å²) in [5.41, 5.74) is 1.25. The molecule has 0 unspecified atom stereocenters. The molecule has 1 saturated heterocycles. The summed E-state index contributed by atoms with van der Waals surface area (Å²) in [5, 5.41) is 0. The first-order chi connectivity index (χ1) is 7.47. The molecular weight excluding hydrogens is 266 g/mol. The van der Waals surface area contributed by atoms with Crippen LogP contribution in [-0.4, -0.2) is 22.8 Å². The van der Waals surface area contributed by atoms with E-state index in [2.05, 4.69) is 46.8 Å². The molecule has 1 aromatic rings. The van der Waals surface area contributed by atoms with Crippen molar-refractivity contribution in [2.24, 2.45) is 0 Å². The molecule has 1 heterocycles. The average molecular weight is 282 g/mol. The summed E-state index contributed by atoms with van der Waals surface area (Å²) in [6, 6.07) is 8.26. The first-order valence-electron chi connectivity index (χ1n) is 5.48. The Morgan fingerprint density at radius 2 is 2.19 bits per heavy atom. The van der Waals surface area contributed by atoms with Crippen LogP contribution in [-0.2, 0) is 11.3 Å². The summed E-state index contributed by atoms with van der Waals surface area (Å²) in [4.78, 5) is 13.7. The van der Waals surface area contributed by atoms with Crippen molar-refractivity contribution < 1.29 is 4.79 Å². The van der Waals surface area contributed by atoms with Crippen LogP contribution < -0.4 is 0 Å². The number of nitrogens with zero attached hydrogens (tertiary/aromatic N) is 1. The van der Waals surface area contributed by atoms with E-state index < -0.39 is 0 Å². The molecule has 1 aromatic carbocycles. The number of ketones is 1. The summed E-state index contributed by atoms with van der Waals surface area (Å²) >= 11 is 3.47. The number of carbonyl (C=O) groups excluding carboxylic acids is 1. The fraction of sp³-hybridized carbons (Fsp3) is 0.462. The fourth-order valence-corrected chi connectivity index (χ4v) is 2.65. The number of likely N-dealkylation sites (tertiary alicyclic amines) is 1. The lowest BCUT2D eigenvalue weighted by molar-refractivity contribution is -0.117. The highest BCUT2D eigenvalue weighted by Crippen LogP contribution is 2.28. The zero-order chi connectivity index (χ0) is 11.8. The van der Waals surface area contributed by atoms with Crippen molar-refractivity contribution in [1.82, 2.24) is 4.90 Å². The van der Waals surface area contributed by atoms with E-state index in [0.717, 1.165) is 11.0 Å². The summed E-state index contributed by atoms with van der Waals surface area (Å²) in [7, 11) is 0. The standard InChI is InChI=1S/C13H16BrNO/c1-13(2)7-12(16)9-15(13)8-10-4-3-5-11(14)6-10/h3-6H,7-9H2,1-2H3. The molecule has 0 spiro atoms. The van der Waals surface area contributed by atoms with E-state index in [0.29, 0.717) is 18.7 Å². The van der Waals surface area contributed by atoms with E-state index in [-0.39, 0.29) is 5.54 Å². The normalized spacial score (nSPS) is 20.3. The number of benzene rings is 1. The number of halogens is 1. The molecule has 0 radical (unpaired) electrons. The lowest BCUT2D eigenvalue weighted by atomic mass is 10.0. The third-order valence-corrected chi connectivity index (χ3v) is 3.61. The smallest absolute Gasteiger partial charge is 0.148 e. The zero-order valence-electron chi connectivity index (χ0n) is 9.66. The number of hydrogen-bond donors (Lipinski definition) is 0. The minimum absolute atomic E-state index is 0.000594. The van der Waals surface area contributed by atoms with Crippen LogP contribution in [0.2, 0.25) is 0 Å². The van der Waals surface area contributed by atoms with Gasteiger partial charge in [-0.15, -0.1) is 0 Å². The van der Waals surface area contributed by atoms with Crippen molar-refractivity contribution >= 4 is 21.7 Å². The molecule has 0 bridgehead atoms. The van der Waals surface area contributed by atoms with Crippen LogP contribution in [0.15, 0.2) is 28.7 Å². The molecule has 86 valence electrons. The van der Waals surface area contributed by atoms with E-state index in [4.69, 9.17) is 0 Å². The van der Waals surface area contributed by atoms with Gasteiger partial charge in [0.1, 0.15) is 5.78 Å². The second-order valence-corrected chi connectivity index (χ2v) is 5.93. The molecule has 0 N–H and O–H groups in total. The maximum atomic E-state index is 11.5. The second kappa shape index (κ2) is 4.30. The Morgan fingerprint density at radius 3 is 2.75 bits per heavy atom. The van der Waals surface area contributed by atoms with Gasteiger partial charge in [-0.1, -0.05) is 28.1 Å². The van der Waals surface area contributed by atoms with Crippen LogP contribution in [0.25, 0.3) is 0 Å². The van der Waals surface area contributed by atoms with Crippen LogP contribution >= 0.6 is 15.9 Å². The third kappa shape index (κ3) is 2.53. The van der Waals surface area contributed by atoms with Crippen molar-refractivity contribution in [3.63, 3.8) is 0 Å². The first-order valence-corrected chi connectivity index (χ1v) is 6.28. The van der Waals surface area contributed by atoms with E-state index in [1.807, 2.05) is 12.1 Å². The van der Waals surface area contributed by atoms with Crippen molar-refractivity contribution in [2.45, 2.75) is 32.4 Å². The molecule has 1 fully saturated rings. The third-order valence-electron chi connectivity index (χ3n) is 3.12. The lowest BCUT2D eigenvalue weighted by Crippen LogP contribution is -2.37. The summed E-state index contributed by atoms with van der Waals surface area (Å²) in [6.07, 6.45) is 0.668. The van der Waals surface area contributed by atoms with Gasteiger partial charge in [-0.3, -0.25) is 9.69 Å². The Balaban J connectivity index is 2.13. The minimum atomic E-state index is -0.000594. The van der Waals surface area contributed by atoms with Crippen LogP contribution in [0.4, 0.5) is 0 Å². The van der Waals surface area contributed by atoms with Gasteiger partial charge in [-0.05, 0) is 31.5 Å². The Kier molecular flexibility index (Phi) is 3.17. The van der Waals surface area contributed by atoms with Gasteiger partial charge in [0, 0.05) is 23.0 Å². The highest BCUT2D eigenvalue weighted by atomic mass is 79.9. The van der Waals surface area contributed by atoms with E-state index in [9.17, 15) is 4.79 Å². The summed E-state index contributed by atoms with van der Waals surface area (Å²) in [6.45, 7) is 5.70. The summed E-state index contributed by atoms with van der Waals surface area (Å²) in [5.74, 6) is 0.347. The lowest BCUT2D eigenvalue weighted by Gasteiger charge is -2.30. The van der Waals surface area contributed by atoms with Gasteiger partial charge < -0.3 is 0 Å². The van der Waals surface area contributed by atoms with Crippen molar-refractivity contribution in [3.8, 4) is 0 Å². The second-order valence-electron chi connectivity index (χ2n) is 5.01. The topological polar surface area (TPSA) is 20.3 Å². The molecule has 2 rings (SSSR count). The Bertz CT molecular complexity index is 414. The quantitative estimate of drug-likeness (QED) is 0.831. The van der Waals surface area contributed by atoms with Crippen molar-refractivity contribution in [1.29, 1.82) is 0 Å². The Morgan fingerprint density at radius 1 is 1.44 bits per heavy atom. The van der Waals surface area contributed by atoms with Gasteiger partial charge in [0.25, 0.3) is 0 Å². The van der Waals surface area contributed by atoms with Gasteiger partial charge in [0.2, 0.25) is 0 Å². The van der Waals surface area contributed by atoms with E-state index in [1.165, 1.54) is 5.56 Å². The van der Waals surface area contributed by atoms with Crippen molar-refractivity contribution in [2.75, 3.05) is 6.54 Å². The van der Waals surface area contributed by atoms with Gasteiger partial charge in [-0.25, -0.2) is 0 Å². The molecule has 0 aliphatic carbocycles. The van der Waals surface area contributed by atoms with Gasteiger partial charge >= 0.3 is 0 Å². The number of Topliss-reactive ketones (excluding diaryl/α,β-unsaturated/α-hetero) is 1. The number of rotatable bonds is 2. The number of hydrogen-bond acceptors (Lipinski definition) is 2. The van der Waals surface area contributed by atoms with Crippen LogP contribution in [0.5, 0.6) is 0 Å². The molecule has 0 atom stereocenters. The fourth-order valence-electron chi connectivity index (χ4n) is 2.20. The molecule has 2 nitrogen and oxygen atoms in total. The zero-order valence-corrected chi connectivity index (χ0v) is 11.3. The molecular formula is C13H16BrNO. The Hall–Kier alpha value is -0.670. The van der Waals surface area contributed by atoms with Gasteiger partial charge in [0.15, 0.2) is 0 Å². The van der Waals surface area contributed by atoms with Crippen LogP contribution in [0.1, 0.15) is 25.8 Å². The first kappa shape index (κ1) is 11.8. The highest BCUT2D eigenvalue weighted by Gasteiger charge is 2.36. The predicted octanol–water partition coefficient (Wildman–Crippen LogP) is 3.00. The molecule has 0 amide bonds. The molecule has 0 saturated carbocycles.